The second kappa shape index (κ2) is 6.95. The molecule has 0 bridgehead atoms. The number of likely N-dealkylation sites (N-methyl/N-ethyl adjacent to an activating group) is 1. The van der Waals surface area contributed by atoms with Crippen LogP contribution in [0.3, 0.4) is 0 Å². The van der Waals surface area contributed by atoms with E-state index in [4.69, 9.17) is 21.1 Å². The first-order chi connectivity index (χ1) is 11.0. The van der Waals surface area contributed by atoms with E-state index in [2.05, 4.69) is 22.2 Å². The molecule has 3 rings (SSSR count). The highest BCUT2D eigenvalue weighted by Gasteiger charge is 2.22. The molecule has 1 aromatic carbocycles. The molecule has 23 heavy (non-hydrogen) atoms. The standard InChI is InChI=1S/C16H22ClN3O3/c1-11(9-20-5-3-19(2)4-6-20)18-16(21)12-7-13(17)15-14(8-12)22-10-23-15/h7-8,11H,3-6,9-10H2,1-2H3,(H,18,21)/t11-/m1/s1. The van der Waals surface area contributed by atoms with Gasteiger partial charge in [-0.05, 0) is 26.1 Å². The Hall–Kier alpha value is -1.50. The first-order valence-corrected chi connectivity index (χ1v) is 8.21. The zero-order valence-electron chi connectivity index (χ0n) is 13.5. The fourth-order valence-electron chi connectivity index (χ4n) is 2.87. The highest BCUT2D eigenvalue weighted by atomic mass is 35.5. The number of amides is 1. The van der Waals surface area contributed by atoms with Crippen LogP contribution in [0.4, 0.5) is 0 Å². The van der Waals surface area contributed by atoms with Gasteiger partial charge in [-0.3, -0.25) is 9.69 Å². The number of nitrogens with one attached hydrogen (secondary N) is 1. The van der Waals surface area contributed by atoms with Crippen LogP contribution in [0.2, 0.25) is 5.02 Å². The normalized spacial score (nSPS) is 19.6. The summed E-state index contributed by atoms with van der Waals surface area (Å²) in [6, 6.07) is 3.36. The Morgan fingerprint density at radius 1 is 1.30 bits per heavy atom. The van der Waals surface area contributed by atoms with Crippen LogP contribution in [0.1, 0.15) is 17.3 Å². The minimum absolute atomic E-state index is 0.0649. The summed E-state index contributed by atoms with van der Waals surface area (Å²) in [5.74, 6) is 0.884. The van der Waals surface area contributed by atoms with E-state index in [0.29, 0.717) is 22.1 Å². The van der Waals surface area contributed by atoms with Gasteiger partial charge in [0.2, 0.25) is 6.79 Å². The first-order valence-electron chi connectivity index (χ1n) is 7.84. The zero-order valence-corrected chi connectivity index (χ0v) is 14.2. The van der Waals surface area contributed by atoms with Crippen molar-refractivity contribution in [2.24, 2.45) is 0 Å². The van der Waals surface area contributed by atoms with E-state index in [-0.39, 0.29) is 18.7 Å². The van der Waals surface area contributed by atoms with Gasteiger partial charge >= 0.3 is 0 Å². The lowest BCUT2D eigenvalue weighted by atomic mass is 10.1. The maximum Gasteiger partial charge on any atom is 0.251 e. The molecule has 1 atom stereocenters. The smallest absolute Gasteiger partial charge is 0.251 e. The number of benzene rings is 1. The number of fused-ring (bicyclic) bond motifs is 1. The molecule has 1 amide bonds. The van der Waals surface area contributed by atoms with Gasteiger partial charge < -0.3 is 19.7 Å². The number of ether oxygens (including phenoxy) is 2. The Kier molecular flexibility index (Phi) is 4.94. The molecular formula is C16H22ClN3O3. The number of piperazine rings is 1. The molecule has 1 aromatic rings. The van der Waals surface area contributed by atoms with E-state index in [1.165, 1.54) is 0 Å². The lowest BCUT2D eigenvalue weighted by Gasteiger charge is -2.34. The molecule has 6 nitrogen and oxygen atoms in total. The van der Waals surface area contributed by atoms with Crippen molar-refractivity contribution >= 4 is 17.5 Å². The van der Waals surface area contributed by atoms with Gasteiger partial charge in [-0.1, -0.05) is 11.6 Å². The molecular weight excluding hydrogens is 318 g/mol. The monoisotopic (exact) mass is 339 g/mol. The topological polar surface area (TPSA) is 54.0 Å². The molecule has 0 radical (unpaired) electrons. The minimum Gasteiger partial charge on any atom is -0.454 e. The fourth-order valence-corrected chi connectivity index (χ4v) is 3.13. The van der Waals surface area contributed by atoms with Gasteiger partial charge in [-0.25, -0.2) is 0 Å². The van der Waals surface area contributed by atoms with E-state index in [1.54, 1.807) is 12.1 Å². The van der Waals surface area contributed by atoms with Gasteiger partial charge in [0, 0.05) is 44.3 Å². The Morgan fingerprint density at radius 2 is 2.04 bits per heavy atom. The third-order valence-electron chi connectivity index (χ3n) is 4.19. The van der Waals surface area contributed by atoms with E-state index < -0.39 is 0 Å². The molecule has 126 valence electrons. The predicted octanol–water partition coefficient (Wildman–Crippen LogP) is 1.43. The van der Waals surface area contributed by atoms with Gasteiger partial charge in [0.1, 0.15) is 0 Å². The summed E-state index contributed by atoms with van der Waals surface area (Å²) in [5.41, 5.74) is 0.490. The van der Waals surface area contributed by atoms with Crippen LogP contribution in [0, 0.1) is 0 Å². The van der Waals surface area contributed by atoms with Crippen molar-refractivity contribution in [2.75, 3.05) is 46.6 Å². The minimum atomic E-state index is -0.146. The van der Waals surface area contributed by atoms with Crippen LogP contribution >= 0.6 is 11.6 Å². The number of carbonyl (C=O) groups is 1. The van der Waals surface area contributed by atoms with Crippen LogP contribution in [-0.4, -0.2) is 68.3 Å². The highest BCUT2D eigenvalue weighted by Crippen LogP contribution is 2.39. The number of hydrogen-bond acceptors (Lipinski definition) is 5. The number of hydrogen-bond donors (Lipinski definition) is 1. The van der Waals surface area contributed by atoms with E-state index in [9.17, 15) is 4.79 Å². The average Bonchev–Trinajstić information content (AvgIpc) is 2.98. The Morgan fingerprint density at radius 3 is 2.78 bits per heavy atom. The molecule has 0 spiro atoms. The Bertz CT molecular complexity index is 588. The van der Waals surface area contributed by atoms with Crippen molar-refractivity contribution < 1.29 is 14.3 Å². The molecule has 2 heterocycles. The summed E-state index contributed by atoms with van der Waals surface area (Å²) in [6.45, 7) is 7.21. The van der Waals surface area contributed by atoms with E-state index in [1.807, 2.05) is 6.92 Å². The Balaban J connectivity index is 1.57. The maximum atomic E-state index is 12.4. The van der Waals surface area contributed by atoms with Crippen molar-refractivity contribution in [1.29, 1.82) is 0 Å². The van der Waals surface area contributed by atoms with Crippen molar-refractivity contribution in [2.45, 2.75) is 13.0 Å². The Labute approximate surface area is 141 Å². The number of rotatable bonds is 4. The SMILES string of the molecule is C[C@H](CN1CCN(C)CC1)NC(=O)c1cc(Cl)c2c(c1)OCO2. The van der Waals surface area contributed by atoms with Crippen LogP contribution in [-0.2, 0) is 0 Å². The molecule has 0 aliphatic carbocycles. The van der Waals surface area contributed by atoms with Gasteiger partial charge in [-0.2, -0.15) is 0 Å². The summed E-state index contributed by atoms with van der Waals surface area (Å²) < 4.78 is 10.6. The van der Waals surface area contributed by atoms with Gasteiger partial charge in [0.25, 0.3) is 5.91 Å². The number of nitrogens with zero attached hydrogens (tertiary/aromatic N) is 2. The second-order valence-corrected chi connectivity index (χ2v) is 6.58. The van der Waals surface area contributed by atoms with Crippen LogP contribution in [0.25, 0.3) is 0 Å². The van der Waals surface area contributed by atoms with Gasteiger partial charge in [0.05, 0.1) is 5.02 Å². The second-order valence-electron chi connectivity index (χ2n) is 6.17. The summed E-state index contributed by atoms with van der Waals surface area (Å²) in [5, 5.41) is 3.42. The van der Waals surface area contributed by atoms with E-state index in [0.717, 1.165) is 32.7 Å². The summed E-state index contributed by atoms with van der Waals surface area (Å²) in [6.07, 6.45) is 0. The van der Waals surface area contributed by atoms with Crippen molar-refractivity contribution in [3.63, 3.8) is 0 Å². The molecule has 0 unspecified atom stereocenters. The molecule has 1 N–H and O–H groups in total. The average molecular weight is 340 g/mol. The summed E-state index contributed by atoms with van der Waals surface area (Å²) >= 11 is 6.13. The van der Waals surface area contributed by atoms with Crippen molar-refractivity contribution in [3.8, 4) is 11.5 Å². The van der Waals surface area contributed by atoms with Crippen LogP contribution in [0.15, 0.2) is 12.1 Å². The fraction of sp³-hybridized carbons (Fsp3) is 0.562. The lowest BCUT2D eigenvalue weighted by Crippen LogP contribution is -2.49. The van der Waals surface area contributed by atoms with Gasteiger partial charge in [-0.15, -0.1) is 0 Å². The molecule has 0 aromatic heterocycles. The van der Waals surface area contributed by atoms with Crippen molar-refractivity contribution in [1.82, 2.24) is 15.1 Å². The first kappa shape index (κ1) is 16.4. The van der Waals surface area contributed by atoms with E-state index >= 15 is 0 Å². The maximum absolute atomic E-state index is 12.4. The molecule has 2 aliphatic heterocycles. The molecule has 7 heteroatoms. The highest BCUT2D eigenvalue weighted by molar-refractivity contribution is 6.32. The van der Waals surface area contributed by atoms with Crippen LogP contribution in [0.5, 0.6) is 11.5 Å². The molecule has 0 saturated carbocycles. The molecule has 1 fully saturated rings. The lowest BCUT2D eigenvalue weighted by molar-refractivity contribution is 0.0914. The predicted molar refractivity (Wildman–Crippen MR) is 88.4 cm³/mol. The molecule has 2 aliphatic rings. The van der Waals surface area contributed by atoms with Crippen LogP contribution < -0.4 is 14.8 Å². The van der Waals surface area contributed by atoms with Crippen molar-refractivity contribution in [3.05, 3.63) is 22.7 Å². The molecule has 1 saturated heterocycles. The third kappa shape index (κ3) is 3.88. The summed E-state index contributed by atoms with van der Waals surface area (Å²) in [7, 11) is 2.13. The summed E-state index contributed by atoms with van der Waals surface area (Å²) in [4.78, 5) is 17.1. The third-order valence-corrected chi connectivity index (χ3v) is 4.48. The number of carbonyl (C=O) groups excluding carboxylic acids is 1. The van der Waals surface area contributed by atoms with Gasteiger partial charge in [0.15, 0.2) is 11.5 Å². The quantitative estimate of drug-likeness (QED) is 0.899. The zero-order chi connectivity index (χ0) is 16.4. The largest absolute Gasteiger partial charge is 0.454 e. The number of halogens is 1.